The maximum absolute atomic E-state index is 12.0. The Morgan fingerprint density at radius 1 is 1.29 bits per heavy atom. The summed E-state index contributed by atoms with van der Waals surface area (Å²) in [7, 11) is 0. The summed E-state index contributed by atoms with van der Waals surface area (Å²) in [6, 6.07) is 4.66. The average molecular weight is 396 g/mol. The van der Waals surface area contributed by atoms with Gasteiger partial charge in [0.1, 0.15) is 24.4 Å². The van der Waals surface area contributed by atoms with Crippen LogP contribution in [0.3, 0.4) is 0 Å². The molecule has 1 rings (SSSR count). The van der Waals surface area contributed by atoms with Gasteiger partial charge in [0.05, 0.1) is 6.54 Å². The Kier molecular flexibility index (Phi) is 8.78. The smallest absolute Gasteiger partial charge is 0.328 e. The number of benzene rings is 1. The molecule has 1 aromatic rings. The predicted molar refractivity (Wildman–Crippen MR) is 98.3 cm³/mol. The summed E-state index contributed by atoms with van der Waals surface area (Å²) in [4.78, 5) is 34.3. The average Bonchev–Trinajstić information content (AvgIpc) is 2.63. The number of carbonyl (C=O) groups is 2. The maximum atomic E-state index is 12.0. The molecule has 7 N–H and O–H groups in total. The second-order valence-electron chi connectivity index (χ2n) is 5.92. The van der Waals surface area contributed by atoms with Gasteiger partial charge >= 0.3 is 11.9 Å². The minimum atomic E-state index is -1.01. The first-order valence-corrected chi connectivity index (χ1v) is 8.36. The second kappa shape index (κ2) is 10.8. The Morgan fingerprint density at radius 3 is 2.50 bits per heavy atom. The number of hydrazine groups is 1. The first-order chi connectivity index (χ1) is 13.1. The van der Waals surface area contributed by atoms with E-state index in [1.807, 2.05) is 0 Å². The number of guanidine groups is 1. The highest BCUT2D eigenvalue weighted by atomic mass is 16.7. The quantitative estimate of drug-likeness (QED) is 0.0995. The molecule has 1 unspecified atom stereocenters. The fourth-order valence-corrected chi connectivity index (χ4v) is 2.05. The van der Waals surface area contributed by atoms with Crippen LogP contribution in [0.1, 0.15) is 25.3 Å². The number of nitrogens with one attached hydrogen (secondary N) is 1. The summed E-state index contributed by atoms with van der Waals surface area (Å²) >= 11 is 0. The molecule has 0 bridgehead atoms. The predicted octanol–water partition coefficient (Wildman–Crippen LogP) is -0.523. The van der Waals surface area contributed by atoms with Crippen LogP contribution in [0.2, 0.25) is 0 Å². The van der Waals surface area contributed by atoms with E-state index in [9.17, 15) is 19.7 Å². The number of hydrogen-bond acceptors (Lipinski definition) is 9. The summed E-state index contributed by atoms with van der Waals surface area (Å²) in [5.41, 5.74) is 16.7. The Hall–Kier alpha value is -3.25. The van der Waals surface area contributed by atoms with E-state index in [1.54, 1.807) is 18.2 Å². The highest BCUT2D eigenvalue weighted by molar-refractivity contribution is 5.78. The molecule has 0 amide bonds. The molecule has 1 aromatic carbocycles. The first-order valence-electron chi connectivity index (χ1n) is 8.36. The van der Waals surface area contributed by atoms with Crippen LogP contribution in [0.5, 0.6) is 5.75 Å². The van der Waals surface area contributed by atoms with Gasteiger partial charge in [-0.1, -0.05) is 23.2 Å². The van der Waals surface area contributed by atoms with Crippen LogP contribution in [0.25, 0.3) is 0 Å². The third-order valence-corrected chi connectivity index (χ3v) is 3.59. The van der Waals surface area contributed by atoms with E-state index in [0.717, 1.165) is 0 Å². The van der Waals surface area contributed by atoms with Crippen LogP contribution in [0.15, 0.2) is 24.3 Å². The molecular formula is C16H24N6O6. The lowest BCUT2D eigenvalue weighted by Gasteiger charge is -2.15. The number of esters is 2. The molecule has 0 spiro atoms. The standard InChI is InChI=1S/C16H24N6O6/c1-10(17)14(23)28-13-7-3-2-5-11(13)9-27-15(24)12(18)6-4-8-21(16(19)20)22(25)26/h2-3,5,7,10,12H,4,6,8-9,17-18H2,1H3,(H3,19,20)/t10?,12-/m0/s1. The number of nitrogens with two attached hydrogens (primary N) is 3. The molecule has 0 aliphatic carbocycles. The first kappa shape index (κ1) is 22.8. The topological polar surface area (TPSA) is 201 Å². The van der Waals surface area contributed by atoms with Crippen molar-refractivity contribution < 1.29 is 24.1 Å². The fraction of sp³-hybridized carbons (Fsp3) is 0.438. The van der Waals surface area contributed by atoms with Crippen LogP contribution >= 0.6 is 0 Å². The summed E-state index contributed by atoms with van der Waals surface area (Å²) in [6.07, 6.45) is 0.247. The lowest BCUT2D eigenvalue weighted by Crippen LogP contribution is -2.42. The van der Waals surface area contributed by atoms with Crippen molar-refractivity contribution in [1.82, 2.24) is 5.01 Å². The molecule has 0 aromatic heterocycles. The third kappa shape index (κ3) is 7.17. The SMILES string of the molecule is CC(N)C(=O)Oc1ccccc1COC(=O)[C@@H](N)CCCN(C(=N)N)[N+](=O)[O-]. The van der Waals surface area contributed by atoms with E-state index in [1.165, 1.54) is 13.0 Å². The summed E-state index contributed by atoms with van der Waals surface area (Å²) in [6.45, 7) is 1.14. The monoisotopic (exact) mass is 396 g/mol. The molecule has 0 aliphatic rings. The lowest BCUT2D eigenvalue weighted by molar-refractivity contribution is -0.629. The number of hydrogen-bond donors (Lipinski definition) is 4. The van der Waals surface area contributed by atoms with Crippen molar-refractivity contribution in [3.8, 4) is 5.75 Å². The normalized spacial score (nSPS) is 12.5. The number of nitrogens with zero attached hydrogens (tertiary/aromatic N) is 2. The largest absolute Gasteiger partial charge is 0.460 e. The molecular weight excluding hydrogens is 372 g/mol. The zero-order valence-corrected chi connectivity index (χ0v) is 15.4. The Bertz CT molecular complexity index is 711. The van der Waals surface area contributed by atoms with Crippen molar-refractivity contribution >= 4 is 17.9 Å². The van der Waals surface area contributed by atoms with Crippen LogP contribution in [0, 0.1) is 15.5 Å². The Labute approximate surface area is 161 Å². The summed E-state index contributed by atoms with van der Waals surface area (Å²) < 4.78 is 10.3. The van der Waals surface area contributed by atoms with E-state index in [4.69, 9.17) is 32.1 Å². The van der Waals surface area contributed by atoms with Gasteiger partial charge < -0.3 is 26.7 Å². The molecule has 12 nitrogen and oxygen atoms in total. The highest BCUT2D eigenvalue weighted by Crippen LogP contribution is 2.19. The van der Waals surface area contributed by atoms with E-state index in [-0.39, 0.29) is 31.7 Å². The highest BCUT2D eigenvalue weighted by Gasteiger charge is 2.21. The summed E-state index contributed by atoms with van der Waals surface area (Å²) in [5.74, 6) is -1.84. The van der Waals surface area contributed by atoms with E-state index < -0.39 is 35.0 Å². The van der Waals surface area contributed by atoms with Gasteiger partial charge in [0, 0.05) is 5.56 Å². The lowest BCUT2D eigenvalue weighted by atomic mass is 10.1. The molecule has 0 aliphatic heterocycles. The van der Waals surface area contributed by atoms with Gasteiger partial charge in [-0.05, 0) is 25.8 Å². The van der Waals surface area contributed by atoms with Gasteiger partial charge in [-0.2, -0.15) is 0 Å². The maximum Gasteiger partial charge on any atom is 0.328 e. The van der Waals surface area contributed by atoms with E-state index in [0.29, 0.717) is 10.6 Å². The second-order valence-corrected chi connectivity index (χ2v) is 5.92. The molecule has 0 saturated carbocycles. The van der Waals surface area contributed by atoms with Gasteiger partial charge in [-0.25, -0.2) is 14.9 Å². The minimum absolute atomic E-state index is 0.0950. The van der Waals surface area contributed by atoms with Gasteiger partial charge in [-0.3, -0.25) is 10.2 Å². The van der Waals surface area contributed by atoms with Crippen molar-refractivity contribution in [3.63, 3.8) is 0 Å². The molecule has 12 heteroatoms. The van der Waals surface area contributed by atoms with Crippen LogP contribution in [-0.4, -0.2) is 46.6 Å². The van der Waals surface area contributed by atoms with Crippen LogP contribution in [-0.2, 0) is 20.9 Å². The Morgan fingerprint density at radius 2 is 1.93 bits per heavy atom. The van der Waals surface area contributed by atoms with Crippen molar-refractivity contribution in [2.75, 3.05) is 6.54 Å². The Balaban J connectivity index is 2.54. The van der Waals surface area contributed by atoms with Gasteiger partial charge in [0.25, 0.3) is 5.96 Å². The molecule has 0 radical (unpaired) electrons. The van der Waals surface area contributed by atoms with Crippen molar-refractivity contribution in [2.24, 2.45) is 17.2 Å². The van der Waals surface area contributed by atoms with Crippen molar-refractivity contribution in [3.05, 3.63) is 39.9 Å². The van der Waals surface area contributed by atoms with Crippen molar-refractivity contribution in [1.29, 1.82) is 5.41 Å². The molecule has 0 fully saturated rings. The number of nitro groups is 1. The molecule has 0 heterocycles. The number of para-hydroxylation sites is 1. The summed E-state index contributed by atoms with van der Waals surface area (Å²) in [5, 5.41) is 17.4. The fourth-order valence-electron chi connectivity index (χ4n) is 2.05. The van der Waals surface area contributed by atoms with E-state index >= 15 is 0 Å². The zero-order valence-electron chi connectivity index (χ0n) is 15.4. The molecule has 154 valence electrons. The number of carbonyl (C=O) groups excluding carboxylic acids is 2. The number of rotatable bonds is 10. The van der Waals surface area contributed by atoms with Crippen molar-refractivity contribution in [2.45, 2.75) is 38.5 Å². The molecule has 28 heavy (non-hydrogen) atoms. The van der Waals surface area contributed by atoms with Gasteiger partial charge in [0.15, 0.2) is 5.03 Å². The van der Waals surface area contributed by atoms with E-state index in [2.05, 4.69) is 0 Å². The molecule has 0 saturated heterocycles. The van der Waals surface area contributed by atoms with Gasteiger partial charge in [-0.15, -0.1) is 0 Å². The van der Waals surface area contributed by atoms with Crippen LogP contribution < -0.4 is 21.9 Å². The zero-order chi connectivity index (χ0) is 21.3. The van der Waals surface area contributed by atoms with Gasteiger partial charge in [0.2, 0.25) is 0 Å². The molecule has 2 atom stereocenters. The minimum Gasteiger partial charge on any atom is -0.460 e. The third-order valence-electron chi connectivity index (χ3n) is 3.59. The number of ether oxygens (including phenoxy) is 2. The van der Waals surface area contributed by atoms with Crippen LogP contribution in [0.4, 0.5) is 0 Å².